The van der Waals surface area contributed by atoms with Crippen molar-refractivity contribution in [1.29, 1.82) is 0 Å². The first kappa shape index (κ1) is 6.89. The normalized spacial score (nSPS) is 23.2. The van der Waals surface area contributed by atoms with Crippen LogP contribution in [0.25, 0.3) is 0 Å². The molecule has 2 heteroatoms. The maximum atomic E-state index is 4.37. The van der Waals surface area contributed by atoms with Crippen LogP contribution in [0.1, 0.15) is 37.9 Å². The van der Waals surface area contributed by atoms with Crippen LogP contribution in [0.2, 0.25) is 0 Å². The van der Waals surface area contributed by atoms with Crippen molar-refractivity contribution in [2.24, 2.45) is 0 Å². The fraction of sp³-hybridized carbons (Fsp3) is 0.667. The van der Waals surface area contributed by atoms with E-state index < -0.39 is 0 Å². The molecule has 0 unspecified atom stereocenters. The lowest BCUT2D eigenvalue weighted by atomic mass is 9.96. The molecule has 0 amide bonds. The molecule has 1 aromatic rings. The van der Waals surface area contributed by atoms with E-state index in [-0.39, 0.29) is 0 Å². The number of nitrogens with zero attached hydrogens (tertiary/aromatic N) is 2. The molecule has 2 nitrogen and oxygen atoms in total. The molecule has 0 saturated heterocycles. The second-order valence-electron chi connectivity index (χ2n) is 3.23. The van der Waals surface area contributed by atoms with E-state index in [0.717, 1.165) is 5.92 Å². The zero-order valence-electron chi connectivity index (χ0n) is 6.95. The molecule has 1 aromatic heterocycles. The van der Waals surface area contributed by atoms with Crippen molar-refractivity contribution in [1.82, 2.24) is 9.55 Å². The van der Waals surface area contributed by atoms with Crippen LogP contribution in [0.5, 0.6) is 0 Å². The zero-order chi connectivity index (χ0) is 7.68. The summed E-state index contributed by atoms with van der Waals surface area (Å²) in [6.07, 6.45) is 7.90. The van der Waals surface area contributed by atoms with Crippen molar-refractivity contribution in [2.75, 3.05) is 0 Å². The van der Waals surface area contributed by atoms with Gasteiger partial charge in [0.05, 0.1) is 0 Å². The van der Waals surface area contributed by atoms with Crippen LogP contribution in [0.3, 0.4) is 0 Å². The van der Waals surface area contributed by atoms with Gasteiger partial charge in [-0.1, -0.05) is 6.92 Å². The highest BCUT2D eigenvalue weighted by Crippen LogP contribution is 2.27. The van der Waals surface area contributed by atoms with E-state index >= 15 is 0 Å². The monoisotopic (exact) mass is 150 g/mol. The van der Waals surface area contributed by atoms with Gasteiger partial charge in [-0.15, -0.1) is 0 Å². The standard InChI is InChI=1S/C9H14N2/c1-2-8-4-3-6-11-7-5-10-9(8)11/h5,7-8H,2-4,6H2,1H3/t8-/m0/s1. The van der Waals surface area contributed by atoms with E-state index in [0.29, 0.717) is 0 Å². The van der Waals surface area contributed by atoms with E-state index in [2.05, 4.69) is 22.7 Å². The number of aryl methyl sites for hydroxylation is 1. The second-order valence-corrected chi connectivity index (χ2v) is 3.23. The van der Waals surface area contributed by atoms with Gasteiger partial charge in [-0.3, -0.25) is 0 Å². The largest absolute Gasteiger partial charge is 0.335 e. The molecule has 0 N–H and O–H groups in total. The first-order chi connectivity index (χ1) is 5.42. The topological polar surface area (TPSA) is 17.8 Å². The Hall–Kier alpha value is -0.790. The van der Waals surface area contributed by atoms with Crippen molar-refractivity contribution < 1.29 is 0 Å². The van der Waals surface area contributed by atoms with Gasteiger partial charge in [0.15, 0.2) is 0 Å². The highest BCUT2D eigenvalue weighted by molar-refractivity contribution is 5.02. The van der Waals surface area contributed by atoms with Gasteiger partial charge in [0.2, 0.25) is 0 Å². The summed E-state index contributed by atoms with van der Waals surface area (Å²) in [4.78, 5) is 4.37. The van der Waals surface area contributed by atoms with Gasteiger partial charge in [-0.05, 0) is 19.3 Å². The fourth-order valence-corrected chi connectivity index (χ4v) is 1.89. The maximum absolute atomic E-state index is 4.37. The number of hydrogen-bond donors (Lipinski definition) is 0. The van der Waals surface area contributed by atoms with E-state index in [1.807, 2.05) is 6.20 Å². The number of aromatic nitrogens is 2. The van der Waals surface area contributed by atoms with Gasteiger partial charge in [-0.25, -0.2) is 4.98 Å². The maximum Gasteiger partial charge on any atom is 0.111 e. The van der Waals surface area contributed by atoms with Crippen LogP contribution in [-0.2, 0) is 6.54 Å². The second kappa shape index (κ2) is 2.68. The summed E-state index contributed by atoms with van der Waals surface area (Å²) in [6, 6.07) is 0. The molecule has 2 heterocycles. The van der Waals surface area contributed by atoms with Crippen LogP contribution in [0.4, 0.5) is 0 Å². The summed E-state index contributed by atoms with van der Waals surface area (Å²) in [6.45, 7) is 3.42. The molecule has 60 valence electrons. The average molecular weight is 150 g/mol. The lowest BCUT2D eigenvalue weighted by Crippen LogP contribution is -2.14. The third-order valence-corrected chi connectivity index (χ3v) is 2.56. The third kappa shape index (κ3) is 1.06. The quantitative estimate of drug-likeness (QED) is 0.600. The smallest absolute Gasteiger partial charge is 0.111 e. The first-order valence-corrected chi connectivity index (χ1v) is 4.43. The van der Waals surface area contributed by atoms with Gasteiger partial charge < -0.3 is 4.57 Å². The molecule has 1 aliphatic rings. The molecule has 0 spiro atoms. The number of rotatable bonds is 1. The Balaban J connectivity index is 2.32. The zero-order valence-corrected chi connectivity index (χ0v) is 6.95. The minimum Gasteiger partial charge on any atom is -0.335 e. The van der Waals surface area contributed by atoms with Crippen LogP contribution < -0.4 is 0 Å². The summed E-state index contributed by atoms with van der Waals surface area (Å²) >= 11 is 0. The lowest BCUT2D eigenvalue weighted by Gasteiger charge is -2.21. The van der Waals surface area contributed by atoms with E-state index in [4.69, 9.17) is 0 Å². The molecule has 0 aliphatic carbocycles. The summed E-state index contributed by atoms with van der Waals surface area (Å²) in [7, 11) is 0. The summed E-state index contributed by atoms with van der Waals surface area (Å²) in [5, 5.41) is 0. The molecule has 11 heavy (non-hydrogen) atoms. The van der Waals surface area contributed by atoms with Gasteiger partial charge in [0, 0.05) is 24.9 Å². The van der Waals surface area contributed by atoms with Gasteiger partial charge in [-0.2, -0.15) is 0 Å². The van der Waals surface area contributed by atoms with Crippen molar-refractivity contribution >= 4 is 0 Å². The minimum absolute atomic E-state index is 0.721. The van der Waals surface area contributed by atoms with Crippen LogP contribution in [0, 0.1) is 0 Å². The van der Waals surface area contributed by atoms with Crippen LogP contribution in [-0.4, -0.2) is 9.55 Å². The van der Waals surface area contributed by atoms with Gasteiger partial charge in [0.1, 0.15) is 5.82 Å². The van der Waals surface area contributed by atoms with Gasteiger partial charge >= 0.3 is 0 Å². The first-order valence-electron chi connectivity index (χ1n) is 4.43. The number of hydrogen-bond acceptors (Lipinski definition) is 1. The molecule has 2 rings (SSSR count). The molecular weight excluding hydrogens is 136 g/mol. The summed E-state index contributed by atoms with van der Waals surface area (Å²) in [5.41, 5.74) is 0. The Morgan fingerprint density at radius 1 is 1.73 bits per heavy atom. The predicted molar refractivity (Wildman–Crippen MR) is 44.5 cm³/mol. The van der Waals surface area contributed by atoms with Crippen molar-refractivity contribution in [3.63, 3.8) is 0 Å². The Bertz CT molecular complexity index is 239. The van der Waals surface area contributed by atoms with Crippen LogP contribution in [0.15, 0.2) is 12.4 Å². The Kier molecular flexibility index (Phi) is 1.68. The third-order valence-electron chi connectivity index (χ3n) is 2.56. The predicted octanol–water partition coefficient (Wildman–Crippen LogP) is 2.17. The molecular formula is C9H14N2. The Labute approximate surface area is 67.3 Å². The number of imidazole rings is 1. The molecule has 0 bridgehead atoms. The van der Waals surface area contributed by atoms with Crippen molar-refractivity contribution in [3.05, 3.63) is 18.2 Å². The SMILES string of the molecule is CC[C@H]1CCCn2ccnc21. The Morgan fingerprint density at radius 2 is 2.64 bits per heavy atom. The summed E-state index contributed by atoms with van der Waals surface area (Å²) in [5.74, 6) is 2.03. The van der Waals surface area contributed by atoms with E-state index in [1.54, 1.807) is 0 Å². The fourth-order valence-electron chi connectivity index (χ4n) is 1.89. The highest BCUT2D eigenvalue weighted by Gasteiger charge is 2.18. The summed E-state index contributed by atoms with van der Waals surface area (Å²) < 4.78 is 2.29. The molecule has 0 saturated carbocycles. The van der Waals surface area contributed by atoms with Crippen molar-refractivity contribution in [2.45, 2.75) is 38.6 Å². The Morgan fingerprint density at radius 3 is 3.45 bits per heavy atom. The molecule has 0 aromatic carbocycles. The molecule has 1 atom stereocenters. The average Bonchev–Trinajstić information content (AvgIpc) is 2.50. The molecule has 0 fully saturated rings. The van der Waals surface area contributed by atoms with E-state index in [1.165, 1.54) is 31.6 Å². The van der Waals surface area contributed by atoms with Crippen molar-refractivity contribution in [3.8, 4) is 0 Å². The highest BCUT2D eigenvalue weighted by atomic mass is 15.1. The molecule has 0 radical (unpaired) electrons. The minimum atomic E-state index is 0.721. The van der Waals surface area contributed by atoms with Gasteiger partial charge in [0.25, 0.3) is 0 Å². The lowest BCUT2D eigenvalue weighted by molar-refractivity contribution is 0.435. The number of fused-ring (bicyclic) bond motifs is 1. The molecule has 1 aliphatic heterocycles. The van der Waals surface area contributed by atoms with Crippen LogP contribution >= 0.6 is 0 Å². The van der Waals surface area contributed by atoms with E-state index in [9.17, 15) is 0 Å².